The maximum absolute atomic E-state index is 12.3. The minimum absolute atomic E-state index is 0.0953. The van der Waals surface area contributed by atoms with Gasteiger partial charge in [-0.25, -0.2) is 5.43 Å². The second kappa shape index (κ2) is 10.2. The van der Waals surface area contributed by atoms with Crippen molar-refractivity contribution in [3.63, 3.8) is 0 Å². The molecule has 13 heteroatoms. The van der Waals surface area contributed by atoms with Gasteiger partial charge in [0.25, 0.3) is 5.69 Å². The van der Waals surface area contributed by atoms with Crippen LogP contribution in [0.25, 0.3) is 11.0 Å². The minimum atomic E-state index is -0.783. The van der Waals surface area contributed by atoms with Crippen molar-refractivity contribution in [2.24, 2.45) is 5.10 Å². The number of rotatable bonds is 8. The molecule has 0 atom stereocenters. The molecule has 182 valence electrons. The highest BCUT2D eigenvalue weighted by Crippen LogP contribution is 2.42. The lowest BCUT2D eigenvalue weighted by molar-refractivity contribution is -0.394. The Bertz CT molecular complexity index is 1500. The third-order valence-electron chi connectivity index (χ3n) is 4.84. The van der Waals surface area contributed by atoms with E-state index >= 15 is 0 Å². The summed E-state index contributed by atoms with van der Waals surface area (Å²) in [6, 6.07) is 14.9. The third-order valence-corrected chi connectivity index (χ3v) is 5.43. The molecule has 0 saturated carbocycles. The molecule has 0 radical (unpaired) electrons. The van der Waals surface area contributed by atoms with Crippen LogP contribution in [0.1, 0.15) is 16.1 Å². The molecular formula is C23H15BrN4O8. The first kappa shape index (κ1) is 24.3. The van der Waals surface area contributed by atoms with E-state index in [1.807, 2.05) is 12.1 Å². The number of methoxy groups -OCH3 is 1. The summed E-state index contributed by atoms with van der Waals surface area (Å²) >= 11 is 3.33. The maximum Gasteiger partial charge on any atom is 0.318 e. The number of carbonyl (C=O) groups excluding carboxylic acids is 1. The van der Waals surface area contributed by atoms with Gasteiger partial charge < -0.3 is 13.9 Å². The fourth-order valence-corrected chi connectivity index (χ4v) is 3.73. The number of non-ortho nitro benzene ring substituents is 1. The van der Waals surface area contributed by atoms with E-state index in [9.17, 15) is 25.0 Å². The van der Waals surface area contributed by atoms with Crippen LogP contribution in [0.15, 0.2) is 74.7 Å². The van der Waals surface area contributed by atoms with Crippen molar-refractivity contribution >= 4 is 50.4 Å². The Hall–Kier alpha value is -4.78. The fraction of sp³-hybridized carbons (Fsp3) is 0.0435. The van der Waals surface area contributed by atoms with E-state index in [1.54, 1.807) is 24.3 Å². The molecule has 0 unspecified atom stereocenters. The molecule has 0 saturated heterocycles. The zero-order valence-corrected chi connectivity index (χ0v) is 19.9. The minimum Gasteiger partial charge on any atom is -0.493 e. The van der Waals surface area contributed by atoms with Crippen molar-refractivity contribution in [2.45, 2.75) is 0 Å². The molecule has 0 aliphatic carbocycles. The Kier molecular flexibility index (Phi) is 6.92. The van der Waals surface area contributed by atoms with Crippen molar-refractivity contribution in [1.29, 1.82) is 0 Å². The number of carbonyl (C=O) groups is 1. The summed E-state index contributed by atoms with van der Waals surface area (Å²) in [5.41, 5.74) is 2.41. The van der Waals surface area contributed by atoms with E-state index in [-0.39, 0.29) is 23.0 Å². The number of nitrogens with one attached hydrogen (secondary N) is 1. The van der Waals surface area contributed by atoms with E-state index in [0.717, 1.165) is 23.6 Å². The summed E-state index contributed by atoms with van der Waals surface area (Å²) in [4.78, 5) is 33.2. The number of ether oxygens (including phenoxy) is 2. The molecule has 3 aromatic carbocycles. The van der Waals surface area contributed by atoms with E-state index in [0.29, 0.717) is 15.6 Å². The number of hydrazone groups is 1. The lowest BCUT2D eigenvalue weighted by Gasteiger charge is -2.13. The maximum atomic E-state index is 12.3. The molecular weight excluding hydrogens is 540 g/mol. The number of halogens is 1. The number of fused-ring (bicyclic) bond motifs is 1. The van der Waals surface area contributed by atoms with Gasteiger partial charge in [0, 0.05) is 11.5 Å². The standard InChI is InChI=1S/C23H15BrN4O8/c1-34-20-9-13(12-25-26-23(29)21-10-14-4-2-3-5-18(14)35-21)8-16(24)22(20)36-19-7-6-15(27(30)31)11-17(19)28(32)33/h2-12H,1H3,(H,26,29)/b25-12+. The van der Waals surface area contributed by atoms with Crippen LogP contribution in [0.4, 0.5) is 11.4 Å². The van der Waals surface area contributed by atoms with E-state index in [2.05, 4.69) is 26.5 Å². The van der Waals surface area contributed by atoms with Crippen LogP contribution in [0.2, 0.25) is 0 Å². The molecule has 0 aliphatic heterocycles. The molecule has 0 fully saturated rings. The summed E-state index contributed by atoms with van der Waals surface area (Å²) < 4.78 is 16.9. The van der Waals surface area contributed by atoms with Gasteiger partial charge in [-0.1, -0.05) is 18.2 Å². The van der Waals surface area contributed by atoms with Gasteiger partial charge in [-0.05, 0) is 51.8 Å². The van der Waals surface area contributed by atoms with E-state index < -0.39 is 27.1 Å². The number of hydrogen-bond donors (Lipinski definition) is 1. The van der Waals surface area contributed by atoms with Gasteiger partial charge in [-0.3, -0.25) is 25.0 Å². The van der Waals surface area contributed by atoms with Crippen molar-refractivity contribution in [3.05, 3.63) is 96.7 Å². The van der Waals surface area contributed by atoms with Crippen LogP contribution in [0.5, 0.6) is 17.2 Å². The highest BCUT2D eigenvalue weighted by molar-refractivity contribution is 9.10. The van der Waals surface area contributed by atoms with Gasteiger partial charge in [0.05, 0.1) is 33.7 Å². The molecule has 1 aromatic heterocycles. The molecule has 0 aliphatic rings. The van der Waals surface area contributed by atoms with Crippen LogP contribution in [0, 0.1) is 20.2 Å². The largest absolute Gasteiger partial charge is 0.493 e. The lowest BCUT2D eigenvalue weighted by Crippen LogP contribution is -2.16. The Morgan fingerprint density at radius 2 is 1.83 bits per heavy atom. The van der Waals surface area contributed by atoms with Gasteiger partial charge in [0.1, 0.15) is 5.58 Å². The fourth-order valence-electron chi connectivity index (χ4n) is 3.19. The number of nitro groups is 2. The van der Waals surface area contributed by atoms with Crippen LogP contribution in [0.3, 0.4) is 0 Å². The lowest BCUT2D eigenvalue weighted by atomic mass is 10.2. The van der Waals surface area contributed by atoms with Crippen LogP contribution < -0.4 is 14.9 Å². The molecule has 1 heterocycles. The first-order valence-electron chi connectivity index (χ1n) is 10.1. The van der Waals surface area contributed by atoms with Crippen LogP contribution in [-0.2, 0) is 0 Å². The molecule has 4 aromatic rings. The van der Waals surface area contributed by atoms with Gasteiger partial charge in [-0.2, -0.15) is 5.10 Å². The molecule has 1 amide bonds. The van der Waals surface area contributed by atoms with Crippen molar-refractivity contribution in [1.82, 2.24) is 5.43 Å². The highest BCUT2D eigenvalue weighted by Gasteiger charge is 2.23. The van der Waals surface area contributed by atoms with Gasteiger partial charge in [0.2, 0.25) is 5.75 Å². The van der Waals surface area contributed by atoms with Crippen LogP contribution >= 0.6 is 15.9 Å². The third kappa shape index (κ3) is 5.15. The average molecular weight is 555 g/mol. The normalized spacial score (nSPS) is 10.9. The Morgan fingerprint density at radius 1 is 1.06 bits per heavy atom. The molecule has 1 N–H and O–H groups in total. The molecule has 0 spiro atoms. The topological polar surface area (TPSA) is 159 Å². The number of amides is 1. The monoisotopic (exact) mass is 554 g/mol. The van der Waals surface area contributed by atoms with E-state index in [1.165, 1.54) is 19.4 Å². The van der Waals surface area contributed by atoms with Crippen molar-refractivity contribution in [3.8, 4) is 17.2 Å². The SMILES string of the molecule is COc1cc(/C=N/NC(=O)c2cc3ccccc3o2)cc(Br)c1Oc1ccc([N+](=O)[O-])cc1[N+](=O)[O-]. The van der Waals surface area contributed by atoms with Crippen LogP contribution in [-0.4, -0.2) is 29.1 Å². The van der Waals surface area contributed by atoms with Crippen molar-refractivity contribution < 1.29 is 28.5 Å². The second-order valence-electron chi connectivity index (χ2n) is 7.15. The first-order chi connectivity index (χ1) is 17.3. The summed E-state index contributed by atoms with van der Waals surface area (Å²) in [6.45, 7) is 0. The van der Waals surface area contributed by atoms with E-state index in [4.69, 9.17) is 13.9 Å². The highest BCUT2D eigenvalue weighted by atomic mass is 79.9. The number of para-hydroxylation sites is 1. The quantitative estimate of drug-likeness (QED) is 0.168. The number of nitrogens with zero attached hydrogens (tertiary/aromatic N) is 3. The summed E-state index contributed by atoms with van der Waals surface area (Å²) in [6.07, 6.45) is 1.35. The smallest absolute Gasteiger partial charge is 0.318 e. The zero-order chi connectivity index (χ0) is 25.8. The Morgan fingerprint density at radius 3 is 2.53 bits per heavy atom. The summed E-state index contributed by atoms with van der Waals surface area (Å²) in [5, 5.41) is 27.1. The number of nitro benzene ring substituents is 2. The molecule has 0 bridgehead atoms. The predicted molar refractivity (Wildman–Crippen MR) is 132 cm³/mol. The molecule has 4 rings (SSSR count). The van der Waals surface area contributed by atoms with Gasteiger partial charge in [-0.15, -0.1) is 0 Å². The number of furan rings is 1. The molecule has 36 heavy (non-hydrogen) atoms. The van der Waals surface area contributed by atoms with Crippen molar-refractivity contribution in [2.75, 3.05) is 7.11 Å². The molecule has 12 nitrogen and oxygen atoms in total. The zero-order valence-electron chi connectivity index (χ0n) is 18.3. The summed E-state index contributed by atoms with van der Waals surface area (Å²) in [7, 11) is 1.36. The first-order valence-corrected chi connectivity index (χ1v) is 10.9. The Labute approximate surface area is 210 Å². The van der Waals surface area contributed by atoms with Gasteiger partial charge in [0.15, 0.2) is 17.3 Å². The number of hydrogen-bond acceptors (Lipinski definition) is 9. The predicted octanol–water partition coefficient (Wildman–Crippen LogP) is 5.58. The number of benzene rings is 3. The summed E-state index contributed by atoms with van der Waals surface area (Å²) in [5.74, 6) is -0.386. The second-order valence-corrected chi connectivity index (χ2v) is 8.00. The average Bonchev–Trinajstić information content (AvgIpc) is 3.30. The Balaban J connectivity index is 1.54. The van der Waals surface area contributed by atoms with Gasteiger partial charge >= 0.3 is 11.6 Å².